The molecule has 7 nitrogen and oxygen atoms in total. The molecule has 0 spiro atoms. The quantitative estimate of drug-likeness (QED) is 0.434. The molecule has 3 rings (SSSR count). The number of nitrogens with zero attached hydrogens (tertiary/aromatic N) is 1. The second-order valence-corrected chi connectivity index (χ2v) is 5.84. The standard InChI is InChI=1S/C20H21NO6/c1-13-15(21-20(26-13)17-7-5-11-25-17)6-4-8-19(22)27-14-9-10-16(23-2)18(12-14)24-3/h5,7,9-12H,4,6,8H2,1-3H3. The van der Waals surface area contributed by atoms with Gasteiger partial charge in [0.15, 0.2) is 17.3 Å². The van der Waals surface area contributed by atoms with E-state index in [1.165, 1.54) is 7.11 Å². The number of carbonyl (C=O) groups is 1. The molecule has 1 aromatic carbocycles. The summed E-state index contributed by atoms with van der Waals surface area (Å²) in [6.45, 7) is 1.84. The Kier molecular flexibility index (Phi) is 5.80. The molecule has 0 bridgehead atoms. The molecule has 0 aliphatic heterocycles. The van der Waals surface area contributed by atoms with Crippen LogP contribution in [-0.4, -0.2) is 25.2 Å². The molecular weight excluding hydrogens is 350 g/mol. The van der Waals surface area contributed by atoms with Crippen LogP contribution in [0.1, 0.15) is 24.3 Å². The maximum absolute atomic E-state index is 12.1. The Hall–Kier alpha value is -3.22. The molecule has 0 radical (unpaired) electrons. The summed E-state index contributed by atoms with van der Waals surface area (Å²) in [5.41, 5.74) is 0.806. The van der Waals surface area contributed by atoms with Gasteiger partial charge in [-0.05, 0) is 44.0 Å². The number of ether oxygens (including phenoxy) is 3. The zero-order valence-corrected chi connectivity index (χ0v) is 15.5. The number of aryl methyl sites for hydroxylation is 2. The van der Waals surface area contributed by atoms with Gasteiger partial charge in [0.1, 0.15) is 11.5 Å². The Morgan fingerprint density at radius 1 is 1.15 bits per heavy atom. The van der Waals surface area contributed by atoms with Crippen molar-refractivity contribution in [2.75, 3.05) is 14.2 Å². The van der Waals surface area contributed by atoms with E-state index >= 15 is 0 Å². The van der Waals surface area contributed by atoms with Gasteiger partial charge in [-0.15, -0.1) is 0 Å². The Balaban J connectivity index is 1.53. The smallest absolute Gasteiger partial charge is 0.311 e. The maximum Gasteiger partial charge on any atom is 0.311 e. The van der Waals surface area contributed by atoms with Gasteiger partial charge in [0, 0.05) is 12.5 Å². The number of oxazole rings is 1. The predicted octanol–water partition coefficient (Wildman–Crippen LogP) is 4.19. The van der Waals surface area contributed by atoms with Crippen molar-refractivity contribution < 1.29 is 27.8 Å². The summed E-state index contributed by atoms with van der Waals surface area (Å²) in [6.07, 6.45) is 3.03. The van der Waals surface area contributed by atoms with E-state index in [4.69, 9.17) is 23.0 Å². The first-order chi connectivity index (χ1) is 13.1. The largest absolute Gasteiger partial charge is 0.493 e. The highest BCUT2D eigenvalue weighted by Gasteiger charge is 2.14. The van der Waals surface area contributed by atoms with Crippen molar-refractivity contribution in [1.29, 1.82) is 0 Å². The fraction of sp³-hybridized carbons (Fsp3) is 0.300. The predicted molar refractivity (Wildman–Crippen MR) is 97.1 cm³/mol. The van der Waals surface area contributed by atoms with E-state index in [0.717, 1.165) is 11.5 Å². The lowest BCUT2D eigenvalue weighted by atomic mass is 10.2. The molecule has 0 N–H and O–H groups in total. The Morgan fingerprint density at radius 3 is 2.67 bits per heavy atom. The molecule has 0 aliphatic carbocycles. The maximum atomic E-state index is 12.1. The molecule has 0 fully saturated rings. The number of aromatic nitrogens is 1. The lowest BCUT2D eigenvalue weighted by Crippen LogP contribution is -2.08. The van der Waals surface area contributed by atoms with Crippen LogP contribution in [0.25, 0.3) is 11.7 Å². The third-order valence-electron chi connectivity index (χ3n) is 4.01. The van der Waals surface area contributed by atoms with E-state index in [1.54, 1.807) is 43.7 Å². The SMILES string of the molecule is COc1ccc(OC(=O)CCCc2nc(-c3ccco3)oc2C)cc1OC. The number of furan rings is 1. The lowest BCUT2D eigenvalue weighted by Gasteiger charge is -2.09. The summed E-state index contributed by atoms with van der Waals surface area (Å²) in [5.74, 6) is 2.91. The third-order valence-corrected chi connectivity index (χ3v) is 4.01. The minimum Gasteiger partial charge on any atom is -0.493 e. The van der Waals surface area contributed by atoms with Crippen LogP contribution in [-0.2, 0) is 11.2 Å². The first-order valence-electron chi connectivity index (χ1n) is 8.53. The zero-order valence-electron chi connectivity index (χ0n) is 15.5. The summed E-state index contributed by atoms with van der Waals surface area (Å²) in [4.78, 5) is 16.5. The second kappa shape index (κ2) is 8.44. The van der Waals surface area contributed by atoms with E-state index in [-0.39, 0.29) is 12.4 Å². The Morgan fingerprint density at radius 2 is 1.96 bits per heavy atom. The number of carbonyl (C=O) groups excluding carboxylic acids is 1. The van der Waals surface area contributed by atoms with Crippen molar-refractivity contribution in [2.45, 2.75) is 26.2 Å². The van der Waals surface area contributed by atoms with Crippen LogP contribution in [0.2, 0.25) is 0 Å². The van der Waals surface area contributed by atoms with Crippen LogP contribution in [0.15, 0.2) is 45.4 Å². The molecule has 3 aromatic rings. The molecule has 2 aromatic heterocycles. The third kappa shape index (κ3) is 4.49. The number of benzene rings is 1. The lowest BCUT2D eigenvalue weighted by molar-refractivity contribution is -0.134. The Labute approximate surface area is 156 Å². The average Bonchev–Trinajstić information content (AvgIpc) is 3.32. The molecular formula is C20H21NO6. The van der Waals surface area contributed by atoms with Gasteiger partial charge in [-0.2, -0.15) is 0 Å². The van der Waals surface area contributed by atoms with Gasteiger partial charge in [-0.25, -0.2) is 4.98 Å². The fourth-order valence-electron chi connectivity index (χ4n) is 2.63. The van der Waals surface area contributed by atoms with Crippen molar-refractivity contribution in [2.24, 2.45) is 0 Å². The summed E-state index contributed by atoms with van der Waals surface area (Å²) in [6, 6.07) is 8.54. The minimum atomic E-state index is -0.324. The van der Waals surface area contributed by atoms with Crippen LogP contribution in [0.3, 0.4) is 0 Å². The fourth-order valence-corrected chi connectivity index (χ4v) is 2.63. The molecule has 0 saturated heterocycles. The van der Waals surface area contributed by atoms with Gasteiger partial charge in [0.05, 0.1) is 26.2 Å². The highest BCUT2D eigenvalue weighted by molar-refractivity contribution is 5.72. The highest BCUT2D eigenvalue weighted by Crippen LogP contribution is 2.31. The molecule has 0 aliphatic rings. The number of rotatable bonds is 8. The van der Waals surface area contributed by atoms with Gasteiger partial charge in [-0.3, -0.25) is 4.79 Å². The zero-order chi connectivity index (χ0) is 19.2. The topological polar surface area (TPSA) is 83.9 Å². The second-order valence-electron chi connectivity index (χ2n) is 5.84. The first kappa shape index (κ1) is 18.6. The van der Waals surface area contributed by atoms with E-state index in [2.05, 4.69) is 4.98 Å². The van der Waals surface area contributed by atoms with Crippen LogP contribution in [0.5, 0.6) is 17.2 Å². The number of methoxy groups -OCH3 is 2. The normalized spacial score (nSPS) is 10.6. The van der Waals surface area contributed by atoms with Crippen molar-refractivity contribution in [3.63, 3.8) is 0 Å². The van der Waals surface area contributed by atoms with Gasteiger partial charge in [-0.1, -0.05) is 0 Å². The van der Waals surface area contributed by atoms with E-state index in [0.29, 0.717) is 41.7 Å². The van der Waals surface area contributed by atoms with Crippen molar-refractivity contribution in [3.05, 3.63) is 48.0 Å². The van der Waals surface area contributed by atoms with Crippen LogP contribution >= 0.6 is 0 Å². The highest BCUT2D eigenvalue weighted by atomic mass is 16.5. The summed E-state index contributed by atoms with van der Waals surface area (Å²) >= 11 is 0. The average molecular weight is 371 g/mol. The molecule has 0 amide bonds. The number of hydrogen-bond acceptors (Lipinski definition) is 7. The minimum absolute atomic E-state index is 0.261. The van der Waals surface area contributed by atoms with E-state index in [1.807, 2.05) is 6.92 Å². The first-order valence-corrected chi connectivity index (χ1v) is 8.53. The molecule has 0 saturated carbocycles. The summed E-state index contributed by atoms with van der Waals surface area (Å²) in [7, 11) is 3.08. The number of hydrogen-bond donors (Lipinski definition) is 0. The van der Waals surface area contributed by atoms with Crippen molar-refractivity contribution in [1.82, 2.24) is 4.98 Å². The summed E-state index contributed by atoms with van der Waals surface area (Å²) < 4.78 is 26.6. The molecule has 2 heterocycles. The van der Waals surface area contributed by atoms with E-state index < -0.39 is 0 Å². The van der Waals surface area contributed by atoms with Crippen LogP contribution < -0.4 is 14.2 Å². The van der Waals surface area contributed by atoms with Gasteiger partial charge < -0.3 is 23.0 Å². The van der Waals surface area contributed by atoms with Crippen LogP contribution in [0, 0.1) is 6.92 Å². The molecule has 0 atom stereocenters. The van der Waals surface area contributed by atoms with E-state index in [9.17, 15) is 4.79 Å². The molecule has 0 unspecified atom stereocenters. The van der Waals surface area contributed by atoms with Crippen molar-refractivity contribution in [3.8, 4) is 28.9 Å². The number of esters is 1. The van der Waals surface area contributed by atoms with Gasteiger partial charge in [0.2, 0.25) is 0 Å². The monoisotopic (exact) mass is 371 g/mol. The molecule has 7 heteroatoms. The van der Waals surface area contributed by atoms with Crippen molar-refractivity contribution >= 4 is 5.97 Å². The molecule has 142 valence electrons. The summed E-state index contributed by atoms with van der Waals surface area (Å²) in [5, 5.41) is 0. The van der Waals surface area contributed by atoms with Gasteiger partial charge >= 0.3 is 5.97 Å². The Bertz CT molecular complexity index is 897. The molecule has 27 heavy (non-hydrogen) atoms. The van der Waals surface area contributed by atoms with Crippen LogP contribution in [0.4, 0.5) is 0 Å². The van der Waals surface area contributed by atoms with Gasteiger partial charge in [0.25, 0.3) is 5.89 Å².